The molecule has 102 valence electrons. The van der Waals surface area contributed by atoms with Crippen LogP contribution < -0.4 is 10.6 Å². The van der Waals surface area contributed by atoms with Crippen LogP contribution in [0.4, 0.5) is 4.79 Å². The van der Waals surface area contributed by atoms with Crippen molar-refractivity contribution in [1.29, 1.82) is 0 Å². The molecule has 0 aliphatic rings. The highest BCUT2D eigenvalue weighted by Gasteiger charge is 2.22. The largest absolute Gasteiger partial charge is 0.388 e. The Morgan fingerprint density at radius 3 is 2.56 bits per heavy atom. The second-order valence-corrected chi connectivity index (χ2v) is 5.50. The Kier molecular flexibility index (Phi) is 5.62. The average molecular weight is 270 g/mol. The topological polar surface area (TPSA) is 61.4 Å². The molecule has 0 atom stereocenters. The summed E-state index contributed by atoms with van der Waals surface area (Å²) in [5.41, 5.74) is 0.398. The third kappa shape index (κ3) is 4.31. The summed E-state index contributed by atoms with van der Waals surface area (Å²) < 4.78 is 0. The molecule has 1 aromatic rings. The molecule has 0 radical (unpaired) electrons. The van der Waals surface area contributed by atoms with Gasteiger partial charge in [0.25, 0.3) is 0 Å². The summed E-state index contributed by atoms with van der Waals surface area (Å²) in [6.45, 7) is 6.68. The molecule has 0 spiro atoms. The van der Waals surface area contributed by atoms with E-state index in [2.05, 4.69) is 10.6 Å². The van der Waals surface area contributed by atoms with Crippen molar-refractivity contribution >= 4 is 17.4 Å². The lowest BCUT2D eigenvalue weighted by atomic mass is 9.98. The van der Waals surface area contributed by atoms with Gasteiger partial charge in [0, 0.05) is 11.4 Å². The maximum Gasteiger partial charge on any atom is 0.315 e. The molecule has 0 bridgehead atoms. The summed E-state index contributed by atoms with van der Waals surface area (Å²) in [6, 6.07) is 1.80. The second kappa shape index (κ2) is 6.75. The minimum absolute atomic E-state index is 0.233. The summed E-state index contributed by atoms with van der Waals surface area (Å²) in [5, 5.41) is 17.6. The Balaban J connectivity index is 2.32. The van der Waals surface area contributed by atoms with Crippen molar-refractivity contribution < 1.29 is 9.90 Å². The van der Waals surface area contributed by atoms with Crippen molar-refractivity contribution in [2.75, 3.05) is 6.54 Å². The van der Waals surface area contributed by atoms with Gasteiger partial charge in [-0.3, -0.25) is 0 Å². The lowest BCUT2D eigenvalue weighted by molar-refractivity contribution is 0.0349. The van der Waals surface area contributed by atoms with Crippen molar-refractivity contribution in [3.63, 3.8) is 0 Å². The molecule has 18 heavy (non-hydrogen) atoms. The van der Waals surface area contributed by atoms with Crippen molar-refractivity contribution in [1.82, 2.24) is 10.6 Å². The molecule has 0 fully saturated rings. The van der Waals surface area contributed by atoms with Gasteiger partial charge in [-0.15, -0.1) is 11.3 Å². The van der Waals surface area contributed by atoms with Gasteiger partial charge in [-0.2, -0.15) is 0 Å². The van der Waals surface area contributed by atoms with E-state index in [4.69, 9.17) is 0 Å². The molecule has 0 unspecified atom stereocenters. The fraction of sp³-hybridized carbons (Fsp3) is 0.615. The zero-order valence-electron chi connectivity index (χ0n) is 11.2. The van der Waals surface area contributed by atoms with Crippen LogP contribution in [0, 0.1) is 6.92 Å². The predicted octanol–water partition coefficient (Wildman–Crippen LogP) is 2.41. The number of hydrogen-bond donors (Lipinski definition) is 3. The molecule has 0 saturated heterocycles. The summed E-state index contributed by atoms with van der Waals surface area (Å²) in [6.07, 6.45) is 1.27. The first-order valence-corrected chi connectivity index (χ1v) is 7.15. The van der Waals surface area contributed by atoms with Crippen molar-refractivity contribution in [2.24, 2.45) is 0 Å². The number of carbonyl (C=O) groups excluding carboxylic acids is 1. The zero-order valence-corrected chi connectivity index (χ0v) is 12.1. The van der Waals surface area contributed by atoms with E-state index >= 15 is 0 Å². The number of aliphatic hydroxyl groups is 1. The van der Waals surface area contributed by atoms with Gasteiger partial charge in [-0.25, -0.2) is 4.79 Å². The number of rotatable bonds is 6. The number of amides is 2. The molecule has 1 rings (SSSR count). The van der Waals surface area contributed by atoms with Gasteiger partial charge in [-0.05, 0) is 36.8 Å². The van der Waals surface area contributed by atoms with Gasteiger partial charge in [0.1, 0.15) is 0 Å². The zero-order chi connectivity index (χ0) is 13.6. The fourth-order valence-corrected chi connectivity index (χ4v) is 2.40. The molecular weight excluding hydrogens is 248 g/mol. The number of nitrogens with one attached hydrogen (secondary N) is 2. The van der Waals surface area contributed by atoms with E-state index in [9.17, 15) is 9.90 Å². The minimum atomic E-state index is -0.795. The van der Waals surface area contributed by atoms with E-state index in [1.165, 1.54) is 5.56 Å². The standard InChI is InChI=1S/C13H22N2O2S/c1-4-13(17,5-2)9-15-12(16)14-8-11-10(3)6-7-18-11/h6-7,17H,4-5,8-9H2,1-3H3,(H2,14,15,16). The van der Waals surface area contributed by atoms with Gasteiger partial charge in [0.05, 0.1) is 12.1 Å². The number of carbonyl (C=O) groups is 1. The summed E-state index contributed by atoms with van der Waals surface area (Å²) in [5.74, 6) is 0. The molecule has 0 saturated carbocycles. The van der Waals surface area contributed by atoms with Crippen LogP contribution >= 0.6 is 11.3 Å². The summed E-state index contributed by atoms with van der Waals surface area (Å²) in [4.78, 5) is 12.8. The lowest BCUT2D eigenvalue weighted by Gasteiger charge is -2.25. The van der Waals surface area contributed by atoms with Crippen LogP contribution in [0.2, 0.25) is 0 Å². The second-order valence-electron chi connectivity index (χ2n) is 4.49. The highest BCUT2D eigenvalue weighted by atomic mass is 32.1. The number of hydrogen-bond acceptors (Lipinski definition) is 3. The molecule has 4 nitrogen and oxygen atoms in total. The third-order valence-electron chi connectivity index (χ3n) is 3.27. The van der Waals surface area contributed by atoms with E-state index in [1.807, 2.05) is 32.2 Å². The smallest absolute Gasteiger partial charge is 0.315 e. The van der Waals surface area contributed by atoms with Crippen LogP contribution in [-0.2, 0) is 6.54 Å². The van der Waals surface area contributed by atoms with Crippen molar-refractivity contribution in [2.45, 2.75) is 45.8 Å². The molecule has 2 amide bonds. The number of thiophene rings is 1. The molecule has 3 N–H and O–H groups in total. The maximum atomic E-state index is 11.6. The van der Waals surface area contributed by atoms with Crippen molar-refractivity contribution in [3.8, 4) is 0 Å². The molecule has 1 aromatic heterocycles. The maximum absolute atomic E-state index is 11.6. The fourth-order valence-electron chi connectivity index (χ4n) is 1.55. The Morgan fingerprint density at radius 2 is 2.06 bits per heavy atom. The molecule has 1 heterocycles. The molecular formula is C13H22N2O2S. The van der Waals surface area contributed by atoms with Gasteiger partial charge >= 0.3 is 6.03 Å². The minimum Gasteiger partial charge on any atom is -0.388 e. The Morgan fingerprint density at radius 1 is 1.39 bits per heavy atom. The first kappa shape index (κ1) is 15.0. The van der Waals surface area contributed by atoms with Crippen molar-refractivity contribution in [3.05, 3.63) is 21.9 Å². The number of urea groups is 1. The van der Waals surface area contributed by atoms with E-state index < -0.39 is 5.60 Å². The van der Waals surface area contributed by atoms with Crippen LogP contribution in [0.1, 0.15) is 37.1 Å². The SMILES string of the molecule is CCC(O)(CC)CNC(=O)NCc1sccc1C. The van der Waals surface area contributed by atoms with E-state index in [-0.39, 0.29) is 12.6 Å². The summed E-state index contributed by atoms with van der Waals surface area (Å²) >= 11 is 1.63. The average Bonchev–Trinajstić information content (AvgIpc) is 2.79. The molecule has 0 aromatic carbocycles. The summed E-state index contributed by atoms with van der Waals surface area (Å²) in [7, 11) is 0. The van der Waals surface area contributed by atoms with E-state index in [0.717, 1.165) is 4.88 Å². The predicted molar refractivity (Wildman–Crippen MR) is 74.8 cm³/mol. The van der Waals surface area contributed by atoms with E-state index in [1.54, 1.807) is 11.3 Å². The lowest BCUT2D eigenvalue weighted by Crippen LogP contribution is -2.45. The highest BCUT2D eigenvalue weighted by molar-refractivity contribution is 7.10. The molecule has 0 aliphatic carbocycles. The Labute approximate surface area is 112 Å². The van der Waals surface area contributed by atoms with Crippen LogP contribution in [0.5, 0.6) is 0 Å². The van der Waals surface area contributed by atoms with E-state index in [0.29, 0.717) is 19.4 Å². The molecule has 5 heteroatoms. The van der Waals surface area contributed by atoms with Crippen LogP contribution in [0.25, 0.3) is 0 Å². The van der Waals surface area contributed by atoms with Crippen LogP contribution in [0.3, 0.4) is 0 Å². The quantitative estimate of drug-likeness (QED) is 0.743. The first-order chi connectivity index (χ1) is 8.50. The van der Waals surface area contributed by atoms with Gasteiger partial charge in [0.15, 0.2) is 0 Å². The van der Waals surface area contributed by atoms with Gasteiger partial charge < -0.3 is 15.7 Å². The normalized spacial score (nSPS) is 11.3. The molecule has 0 aliphatic heterocycles. The van der Waals surface area contributed by atoms with Crippen LogP contribution in [-0.4, -0.2) is 23.3 Å². The van der Waals surface area contributed by atoms with Crippen LogP contribution in [0.15, 0.2) is 11.4 Å². The Bertz CT molecular complexity index is 386. The Hall–Kier alpha value is -1.07. The number of aryl methyl sites for hydroxylation is 1. The van der Waals surface area contributed by atoms with Gasteiger partial charge in [0.2, 0.25) is 0 Å². The monoisotopic (exact) mass is 270 g/mol. The third-order valence-corrected chi connectivity index (χ3v) is 4.29. The highest BCUT2D eigenvalue weighted by Crippen LogP contribution is 2.15. The van der Waals surface area contributed by atoms with Gasteiger partial charge in [-0.1, -0.05) is 13.8 Å². The first-order valence-electron chi connectivity index (χ1n) is 6.28.